The van der Waals surface area contributed by atoms with Gasteiger partial charge >= 0.3 is 12.2 Å². The summed E-state index contributed by atoms with van der Waals surface area (Å²) >= 11 is 0. The summed E-state index contributed by atoms with van der Waals surface area (Å²) in [6, 6.07) is 2.84. The summed E-state index contributed by atoms with van der Waals surface area (Å²) in [5.41, 5.74) is 0. The molecule has 1 unspecified atom stereocenters. The summed E-state index contributed by atoms with van der Waals surface area (Å²) in [4.78, 5) is 62.4. The van der Waals surface area contributed by atoms with Crippen molar-refractivity contribution in [1.29, 1.82) is 0 Å². The summed E-state index contributed by atoms with van der Waals surface area (Å²) in [5, 5.41) is 0. The molecule has 8 fully saturated rings. The molecule has 12 nitrogen and oxygen atoms in total. The van der Waals surface area contributed by atoms with E-state index in [0.717, 1.165) is 104 Å². The standard InChI is InChI=1S/2C20H33N3O3/c2*1-2-26-20(25)22-12-9-17(14-22)21-10-7-16(8-11-21)23-18-6-4-3-5-15(18)13-19(23)24/h2*15-18H,2-14H2,1H3/t15-,17?,18+;15-,17-,18+/m11/s1. The van der Waals surface area contributed by atoms with Crippen molar-refractivity contribution in [3.63, 3.8) is 0 Å². The van der Waals surface area contributed by atoms with Crippen molar-refractivity contribution in [3.05, 3.63) is 0 Å². The maximum absolute atomic E-state index is 12.6. The highest BCUT2D eigenvalue weighted by Crippen LogP contribution is 2.41. The predicted octanol–water partition coefficient (Wildman–Crippen LogP) is 4.95. The van der Waals surface area contributed by atoms with Crippen LogP contribution in [0.2, 0.25) is 0 Å². The van der Waals surface area contributed by atoms with E-state index in [1.807, 2.05) is 23.6 Å². The van der Waals surface area contributed by atoms with Crippen LogP contribution in [-0.2, 0) is 19.1 Å². The molecule has 52 heavy (non-hydrogen) atoms. The Bertz CT molecular complexity index is 1160. The Labute approximate surface area is 311 Å². The van der Waals surface area contributed by atoms with Crippen molar-refractivity contribution in [2.24, 2.45) is 11.8 Å². The molecule has 8 rings (SSSR count). The Morgan fingerprint density at radius 2 is 0.885 bits per heavy atom. The van der Waals surface area contributed by atoms with Crippen LogP contribution in [-0.4, -0.2) is 155 Å². The van der Waals surface area contributed by atoms with Crippen molar-refractivity contribution in [3.8, 4) is 0 Å². The summed E-state index contributed by atoms with van der Waals surface area (Å²) in [6.07, 6.45) is 17.8. The van der Waals surface area contributed by atoms with Crippen LogP contribution in [0, 0.1) is 11.8 Å². The van der Waals surface area contributed by atoms with Gasteiger partial charge in [0.25, 0.3) is 0 Å². The van der Waals surface area contributed by atoms with Crippen molar-refractivity contribution in [2.75, 3.05) is 65.6 Å². The molecule has 8 aliphatic rings. The number of carbonyl (C=O) groups is 4. The van der Waals surface area contributed by atoms with Gasteiger partial charge in [0, 0.05) is 101 Å². The van der Waals surface area contributed by atoms with E-state index >= 15 is 0 Å². The fraction of sp³-hybridized carbons (Fsp3) is 0.900. The second-order valence-electron chi connectivity index (χ2n) is 16.9. The molecule has 6 heterocycles. The van der Waals surface area contributed by atoms with Crippen LogP contribution >= 0.6 is 0 Å². The molecule has 0 N–H and O–H groups in total. The minimum Gasteiger partial charge on any atom is -0.450 e. The lowest BCUT2D eigenvalue weighted by atomic mass is 9.84. The van der Waals surface area contributed by atoms with Gasteiger partial charge in [-0.3, -0.25) is 19.4 Å². The van der Waals surface area contributed by atoms with E-state index in [-0.39, 0.29) is 12.2 Å². The normalized spacial score (nSPS) is 33.6. The Hall–Kier alpha value is -2.60. The molecule has 2 saturated carbocycles. The minimum absolute atomic E-state index is 0.170. The number of carbonyl (C=O) groups excluding carboxylic acids is 4. The SMILES string of the molecule is CCOC(=O)N1CCC(N2CCC(N3C(=O)C[C@H]4CCCC[C@@H]43)CC2)C1.CCOC(=O)N1CC[C@@H](N2CCC(N3C(=O)C[C@H]4CCCC[C@@H]43)CC2)C1. The fourth-order valence-electron chi connectivity index (χ4n) is 11.5. The number of piperidine rings is 2. The number of rotatable bonds is 6. The monoisotopic (exact) mass is 727 g/mol. The molecule has 0 aromatic heterocycles. The van der Waals surface area contributed by atoms with E-state index in [0.29, 0.717) is 73.1 Å². The second kappa shape index (κ2) is 17.2. The Morgan fingerprint density at radius 3 is 1.27 bits per heavy atom. The lowest BCUT2D eigenvalue weighted by Crippen LogP contribution is -2.52. The average molecular weight is 727 g/mol. The quantitative estimate of drug-likeness (QED) is 0.379. The number of likely N-dealkylation sites (tertiary alicyclic amines) is 6. The molecule has 0 radical (unpaired) electrons. The smallest absolute Gasteiger partial charge is 0.409 e. The van der Waals surface area contributed by atoms with E-state index in [9.17, 15) is 19.2 Å². The van der Waals surface area contributed by atoms with Gasteiger partial charge in [-0.25, -0.2) is 9.59 Å². The Balaban J connectivity index is 0.000000162. The first-order chi connectivity index (χ1) is 25.3. The van der Waals surface area contributed by atoms with Crippen LogP contribution in [0.3, 0.4) is 0 Å². The van der Waals surface area contributed by atoms with Crippen molar-refractivity contribution >= 4 is 24.0 Å². The number of nitrogens with zero attached hydrogens (tertiary/aromatic N) is 6. The van der Waals surface area contributed by atoms with Crippen molar-refractivity contribution in [1.82, 2.24) is 29.4 Å². The largest absolute Gasteiger partial charge is 0.450 e. The third-order valence-electron chi connectivity index (χ3n) is 14.1. The van der Waals surface area contributed by atoms with E-state index in [2.05, 4.69) is 19.6 Å². The lowest BCUT2D eigenvalue weighted by Gasteiger charge is -2.42. The van der Waals surface area contributed by atoms with Crippen molar-refractivity contribution < 1.29 is 28.7 Å². The van der Waals surface area contributed by atoms with Gasteiger partial charge in [0.15, 0.2) is 0 Å². The van der Waals surface area contributed by atoms with Crippen LogP contribution < -0.4 is 0 Å². The molecule has 2 aliphatic carbocycles. The number of amides is 4. The van der Waals surface area contributed by atoms with Crippen LogP contribution in [0.4, 0.5) is 9.59 Å². The summed E-state index contributed by atoms with van der Waals surface area (Å²) in [7, 11) is 0. The molecule has 6 atom stereocenters. The molecule has 6 aliphatic heterocycles. The summed E-state index contributed by atoms with van der Waals surface area (Å²) in [5.74, 6) is 2.08. The Morgan fingerprint density at radius 1 is 0.519 bits per heavy atom. The van der Waals surface area contributed by atoms with Gasteiger partial charge in [-0.1, -0.05) is 25.7 Å². The molecule has 292 valence electrons. The average Bonchev–Trinajstić information content (AvgIpc) is 3.97. The maximum Gasteiger partial charge on any atom is 0.409 e. The van der Waals surface area contributed by atoms with Gasteiger partial charge in [0.05, 0.1) is 13.2 Å². The highest BCUT2D eigenvalue weighted by molar-refractivity contribution is 5.80. The molecule has 12 heteroatoms. The van der Waals surface area contributed by atoms with Gasteiger partial charge in [0.1, 0.15) is 0 Å². The predicted molar refractivity (Wildman–Crippen MR) is 198 cm³/mol. The summed E-state index contributed by atoms with van der Waals surface area (Å²) in [6.45, 7) is 12.0. The zero-order valence-electron chi connectivity index (χ0n) is 32.1. The molecular weight excluding hydrogens is 660 g/mol. The van der Waals surface area contributed by atoms with Crippen LogP contribution in [0.15, 0.2) is 0 Å². The third kappa shape index (κ3) is 8.22. The first-order valence-electron chi connectivity index (χ1n) is 21.3. The zero-order valence-corrected chi connectivity index (χ0v) is 32.1. The molecule has 0 spiro atoms. The van der Waals surface area contributed by atoms with Gasteiger partial charge in [-0.2, -0.15) is 0 Å². The topological polar surface area (TPSA) is 106 Å². The van der Waals surface area contributed by atoms with Crippen LogP contribution in [0.25, 0.3) is 0 Å². The minimum atomic E-state index is -0.170. The van der Waals surface area contributed by atoms with E-state index < -0.39 is 0 Å². The highest BCUT2D eigenvalue weighted by atomic mass is 16.6. The van der Waals surface area contributed by atoms with Gasteiger partial charge in [-0.15, -0.1) is 0 Å². The van der Waals surface area contributed by atoms with E-state index in [1.165, 1.54) is 51.4 Å². The number of ether oxygens (including phenoxy) is 2. The van der Waals surface area contributed by atoms with Crippen molar-refractivity contribution in [2.45, 2.75) is 153 Å². The highest BCUT2D eigenvalue weighted by Gasteiger charge is 2.46. The molecule has 4 amide bonds. The van der Waals surface area contributed by atoms with E-state index in [1.54, 1.807) is 0 Å². The lowest BCUT2D eigenvalue weighted by molar-refractivity contribution is -0.133. The van der Waals surface area contributed by atoms with Crippen LogP contribution in [0.1, 0.15) is 117 Å². The molecule has 6 saturated heterocycles. The number of fused-ring (bicyclic) bond motifs is 2. The number of hydrogen-bond acceptors (Lipinski definition) is 8. The molecule has 0 aromatic carbocycles. The summed E-state index contributed by atoms with van der Waals surface area (Å²) < 4.78 is 10.3. The molecular formula is C40H66N6O6. The molecule has 0 aromatic rings. The third-order valence-corrected chi connectivity index (χ3v) is 14.1. The fourth-order valence-corrected chi connectivity index (χ4v) is 11.5. The maximum atomic E-state index is 12.6. The Kier molecular flexibility index (Phi) is 12.5. The van der Waals surface area contributed by atoms with Crippen LogP contribution in [0.5, 0.6) is 0 Å². The van der Waals surface area contributed by atoms with Gasteiger partial charge < -0.3 is 29.1 Å². The number of hydrogen-bond donors (Lipinski definition) is 0. The second-order valence-corrected chi connectivity index (χ2v) is 16.9. The first kappa shape index (κ1) is 37.7. The zero-order chi connectivity index (χ0) is 36.2. The van der Waals surface area contributed by atoms with Gasteiger partial charge in [-0.05, 0) is 89.9 Å². The first-order valence-corrected chi connectivity index (χ1v) is 21.3. The van der Waals surface area contributed by atoms with E-state index in [4.69, 9.17) is 9.47 Å². The molecule has 0 bridgehead atoms. The van der Waals surface area contributed by atoms with Gasteiger partial charge in [0.2, 0.25) is 11.8 Å².